The highest BCUT2D eigenvalue weighted by Gasteiger charge is 2.54. The van der Waals surface area contributed by atoms with Crippen LogP contribution in [0.4, 0.5) is 0 Å². The quantitative estimate of drug-likeness (QED) is 0.0924. The molecule has 2 heterocycles. The summed E-state index contributed by atoms with van der Waals surface area (Å²) in [5.41, 5.74) is 1.05. The van der Waals surface area contributed by atoms with Gasteiger partial charge >= 0.3 is 17.9 Å². The van der Waals surface area contributed by atoms with E-state index in [0.717, 1.165) is 49.7 Å². The molecule has 300 valence electrons. The number of benzene rings is 2. The smallest absolute Gasteiger partial charge is 0.311 e. The second kappa shape index (κ2) is 22.2. The summed E-state index contributed by atoms with van der Waals surface area (Å²) in [6.45, 7) is 6.77. The summed E-state index contributed by atoms with van der Waals surface area (Å²) in [5, 5.41) is 10.3. The van der Waals surface area contributed by atoms with E-state index in [0.29, 0.717) is 13.0 Å². The van der Waals surface area contributed by atoms with Gasteiger partial charge in [0.1, 0.15) is 37.1 Å². The minimum absolute atomic E-state index is 0.123. The van der Waals surface area contributed by atoms with Crippen LogP contribution in [0.5, 0.6) is 0 Å². The van der Waals surface area contributed by atoms with E-state index in [-0.39, 0.29) is 25.8 Å². The van der Waals surface area contributed by atoms with E-state index in [2.05, 4.69) is 0 Å². The molecule has 2 fully saturated rings. The SMILES string of the molecule is COC(=O)CCCCCCCCO[C@H]1O[C@H](COC(=O)C(C)(C)C)[C@@H](OCc2ccccc2)[C@@H]1O[C@@H]1O[C@H](CO)[C@@H](OCc2ccccc2)[C@@H]1OC(C)=O. The Labute approximate surface area is 318 Å². The van der Waals surface area contributed by atoms with Crippen LogP contribution < -0.4 is 0 Å². The lowest BCUT2D eigenvalue weighted by molar-refractivity contribution is -0.252. The number of ether oxygens (including phenoxy) is 9. The number of carbonyl (C=O) groups is 3. The van der Waals surface area contributed by atoms with Gasteiger partial charge in [-0.25, -0.2) is 0 Å². The molecule has 0 aliphatic carbocycles. The maximum Gasteiger partial charge on any atom is 0.311 e. The number of methoxy groups -OCH3 is 1. The minimum Gasteiger partial charge on any atom is -0.469 e. The van der Waals surface area contributed by atoms with Crippen molar-refractivity contribution in [3.63, 3.8) is 0 Å². The number of esters is 3. The van der Waals surface area contributed by atoms with Crippen LogP contribution in [-0.2, 0) is 70.2 Å². The average molecular weight is 759 g/mol. The fourth-order valence-corrected chi connectivity index (χ4v) is 6.21. The second-order valence-corrected chi connectivity index (χ2v) is 14.6. The van der Waals surface area contributed by atoms with Gasteiger partial charge in [0.15, 0.2) is 18.7 Å². The van der Waals surface area contributed by atoms with Gasteiger partial charge in [0.05, 0.1) is 32.3 Å². The van der Waals surface area contributed by atoms with Gasteiger partial charge in [0.25, 0.3) is 0 Å². The Kier molecular flexibility index (Phi) is 17.8. The molecule has 2 aromatic carbocycles. The molecule has 13 nitrogen and oxygen atoms in total. The van der Waals surface area contributed by atoms with Crippen LogP contribution in [-0.4, -0.2) is 99.1 Å². The van der Waals surface area contributed by atoms with Crippen molar-refractivity contribution in [3.05, 3.63) is 71.8 Å². The second-order valence-electron chi connectivity index (χ2n) is 14.6. The number of carbonyl (C=O) groups excluding carboxylic acids is 3. The van der Waals surface area contributed by atoms with Crippen molar-refractivity contribution in [3.8, 4) is 0 Å². The van der Waals surface area contributed by atoms with E-state index in [4.69, 9.17) is 42.6 Å². The standard InChI is InChI=1S/C41H58O13/c1-28(43)51-37-34(48-25-29-18-12-10-13-19-29)31(24-42)52-39(37)54-36-35(49-26-30-20-14-11-15-21-30)32(27-50-40(45)41(2,3)4)53-38(36)47-23-17-9-7-6-8-16-22-33(44)46-5/h10-15,18-21,31-32,34-39,42H,6-9,16-17,22-27H2,1-5H3/t31-,32-,34-,35-,36+,37+,38+,39+/m1/s1. The van der Waals surface area contributed by atoms with E-state index in [9.17, 15) is 19.5 Å². The maximum absolute atomic E-state index is 12.8. The summed E-state index contributed by atoms with van der Waals surface area (Å²) in [7, 11) is 1.40. The summed E-state index contributed by atoms with van der Waals surface area (Å²) in [6, 6.07) is 19.1. The van der Waals surface area contributed by atoms with Gasteiger partial charge < -0.3 is 47.7 Å². The van der Waals surface area contributed by atoms with Crippen LogP contribution in [0.1, 0.15) is 83.8 Å². The highest BCUT2D eigenvalue weighted by atomic mass is 16.8. The predicted octanol–water partition coefficient (Wildman–Crippen LogP) is 5.43. The number of hydrogen-bond acceptors (Lipinski definition) is 13. The molecule has 0 bridgehead atoms. The summed E-state index contributed by atoms with van der Waals surface area (Å²) in [4.78, 5) is 36.6. The van der Waals surface area contributed by atoms with Gasteiger partial charge in [0.2, 0.25) is 0 Å². The van der Waals surface area contributed by atoms with Crippen molar-refractivity contribution < 1.29 is 62.1 Å². The van der Waals surface area contributed by atoms with Gasteiger partial charge in [0, 0.05) is 20.0 Å². The van der Waals surface area contributed by atoms with Crippen LogP contribution in [0, 0.1) is 5.41 Å². The number of rotatable bonds is 22. The zero-order valence-corrected chi connectivity index (χ0v) is 32.2. The zero-order valence-electron chi connectivity index (χ0n) is 32.2. The van der Waals surface area contributed by atoms with Crippen molar-refractivity contribution in [1.29, 1.82) is 0 Å². The third-order valence-electron chi connectivity index (χ3n) is 9.15. The molecule has 0 aromatic heterocycles. The van der Waals surface area contributed by atoms with E-state index < -0.39 is 73.2 Å². The zero-order chi connectivity index (χ0) is 38.9. The largest absolute Gasteiger partial charge is 0.469 e. The molecule has 4 rings (SSSR count). The summed E-state index contributed by atoms with van der Waals surface area (Å²) < 4.78 is 54.4. The lowest BCUT2D eigenvalue weighted by Gasteiger charge is -2.30. The molecule has 2 saturated heterocycles. The molecule has 0 radical (unpaired) electrons. The third kappa shape index (κ3) is 13.7. The van der Waals surface area contributed by atoms with E-state index in [1.165, 1.54) is 14.0 Å². The lowest BCUT2D eigenvalue weighted by atomic mass is 9.97. The van der Waals surface area contributed by atoms with Gasteiger partial charge in [-0.2, -0.15) is 0 Å². The molecule has 13 heteroatoms. The molecule has 2 aliphatic heterocycles. The Morgan fingerprint density at radius 1 is 0.704 bits per heavy atom. The van der Waals surface area contributed by atoms with E-state index >= 15 is 0 Å². The number of aliphatic hydroxyl groups excluding tert-OH is 1. The van der Waals surface area contributed by atoms with Crippen molar-refractivity contribution >= 4 is 17.9 Å². The summed E-state index contributed by atoms with van der Waals surface area (Å²) in [6.07, 6.45) is -1.72. The van der Waals surface area contributed by atoms with Crippen LogP contribution >= 0.6 is 0 Å². The van der Waals surface area contributed by atoms with Crippen molar-refractivity contribution in [1.82, 2.24) is 0 Å². The molecular formula is C41H58O13. The molecule has 0 amide bonds. The number of unbranched alkanes of at least 4 members (excludes halogenated alkanes) is 5. The van der Waals surface area contributed by atoms with E-state index in [1.54, 1.807) is 20.8 Å². The molecular weight excluding hydrogens is 700 g/mol. The van der Waals surface area contributed by atoms with Crippen LogP contribution in [0.3, 0.4) is 0 Å². The Morgan fingerprint density at radius 3 is 1.81 bits per heavy atom. The lowest BCUT2D eigenvalue weighted by Crippen LogP contribution is -2.46. The highest BCUT2D eigenvalue weighted by Crippen LogP contribution is 2.35. The molecule has 0 spiro atoms. The molecule has 0 saturated carbocycles. The Bertz CT molecular complexity index is 1400. The van der Waals surface area contributed by atoms with Gasteiger partial charge in [-0.3, -0.25) is 14.4 Å². The first-order valence-electron chi connectivity index (χ1n) is 18.9. The number of hydrogen-bond donors (Lipinski definition) is 1. The molecule has 54 heavy (non-hydrogen) atoms. The van der Waals surface area contributed by atoms with Crippen LogP contribution in [0.2, 0.25) is 0 Å². The van der Waals surface area contributed by atoms with Gasteiger partial charge in [-0.05, 0) is 44.7 Å². The van der Waals surface area contributed by atoms with Crippen molar-refractivity contribution in [2.75, 3.05) is 26.9 Å². The first-order valence-corrected chi connectivity index (χ1v) is 18.9. The summed E-state index contributed by atoms with van der Waals surface area (Å²) >= 11 is 0. The monoisotopic (exact) mass is 758 g/mol. The molecule has 1 N–H and O–H groups in total. The first-order chi connectivity index (χ1) is 26.0. The molecule has 8 atom stereocenters. The first kappa shape index (κ1) is 43.3. The fraction of sp³-hybridized carbons (Fsp3) is 0.634. The van der Waals surface area contributed by atoms with Gasteiger partial charge in [-0.1, -0.05) is 86.3 Å². The van der Waals surface area contributed by atoms with Crippen LogP contribution in [0.15, 0.2) is 60.7 Å². The normalized spacial score (nSPS) is 25.4. The maximum atomic E-state index is 12.8. The fourth-order valence-electron chi connectivity index (χ4n) is 6.21. The molecule has 2 aliphatic rings. The Hall–Kier alpha value is -3.43. The summed E-state index contributed by atoms with van der Waals surface area (Å²) in [5.74, 6) is -1.17. The van der Waals surface area contributed by atoms with Gasteiger partial charge in [-0.15, -0.1) is 0 Å². The van der Waals surface area contributed by atoms with E-state index in [1.807, 2.05) is 60.7 Å². The molecule has 0 unspecified atom stereocenters. The topological polar surface area (TPSA) is 155 Å². The average Bonchev–Trinajstić information content (AvgIpc) is 3.66. The van der Waals surface area contributed by atoms with Crippen LogP contribution in [0.25, 0.3) is 0 Å². The predicted molar refractivity (Wildman–Crippen MR) is 196 cm³/mol. The Balaban J connectivity index is 1.52. The van der Waals surface area contributed by atoms with Crippen molar-refractivity contribution in [2.24, 2.45) is 5.41 Å². The highest BCUT2D eigenvalue weighted by molar-refractivity contribution is 5.75. The number of aliphatic hydroxyl groups is 1. The third-order valence-corrected chi connectivity index (χ3v) is 9.15. The van der Waals surface area contributed by atoms with Crippen molar-refractivity contribution in [2.45, 2.75) is 135 Å². The minimum atomic E-state index is -1.18. The Morgan fingerprint density at radius 2 is 1.26 bits per heavy atom. The molecule has 2 aromatic rings.